The lowest BCUT2D eigenvalue weighted by molar-refractivity contribution is 0.672. The van der Waals surface area contributed by atoms with Crippen LogP contribution in [0.5, 0.6) is 0 Å². The summed E-state index contributed by atoms with van der Waals surface area (Å²) in [6, 6.07) is 58.0. The zero-order valence-electron chi connectivity index (χ0n) is 27.4. The van der Waals surface area contributed by atoms with Gasteiger partial charge in [0.2, 0.25) is 0 Å². The molecule has 0 saturated carbocycles. The third kappa shape index (κ3) is 5.03. The first-order chi connectivity index (χ1) is 25.3. The second kappa shape index (κ2) is 11.9. The standard InChI is InChI=1S/C46H28N4O/c1-3-14-30(15-4-1)44-48-45(31-16-5-2-6-17-31)50-46(49-44)34-20-11-19-32(27-34)33-25-26-37-39(28-33)47-42(36-23-12-18-29-13-7-8-21-35(29)36)41-38-22-9-10-24-40(38)51-43(37)41/h1-28H. The van der Waals surface area contributed by atoms with Gasteiger partial charge in [0.15, 0.2) is 17.5 Å². The highest BCUT2D eigenvalue weighted by molar-refractivity contribution is 6.21. The van der Waals surface area contributed by atoms with Crippen molar-refractivity contribution in [2.24, 2.45) is 0 Å². The van der Waals surface area contributed by atoms with Gasteiger partial charge in [-0.15, -0.1) is 0 Å². The van der Waals surface area contributed by atoms with Crippen molar-refractivity contribution in [3.63, 3.8) is 0 Å². The number of benzene rings is 7. The van der Waals surface area contributed by atoms with Crippen molar-refractivity contribution in [2.75, 3.05) is 0 Å². The number of rotatable bonds is 5. The Balaban J connectivity index is 1.15. The van der Waals surface area contributed by atoms with E-state index >= 15 is 0 Å². The number of hydrogen-bond donors (Lipinski definition) is 0. The van der Waals surface area contributed by atoms with E-state index in [1.54, 1.807) is 0 Å². The first kappa shape index (κ1) is 29.0. The molecule has 0 N–H and O–H groups in total. The molecule has 0 saturated heterocycles. The molecule has 3 heterocycles. The number of hydrogen-bond acceptors (Lipinski definition) is 5. The lowest BCUT2D eigenvalue weighted by atomic mass is 9.96. The molecule has 0 aliphatic carbocycles. The van der Waals surface area contributed by atoms with E-state index in [-0.39, 0.29) is 0 Å². The maximum absolute atomic E-state index is 6.60. The van der Waals surface area contributed by atoms with Gasteiger partial charge in [-0.3, -0.25) is 0 Å². The Morgan fingerprint density at radius 3 is 1.71 bits per heavy atom. The molecule has 0 aliphatic heterocycles. The molecule has 3 aromatic heterocycles. The fraction of sp³-hybridized carbons (Fsp3) is 0. The Morgan fingerprint density at radius 2 is 0.941 bits per heavy atom. The van der Waals surface area contributed by atoms with Gasteiger partial charge in [0, 0.05) is 33.0 Å². The van der Waals surface area contributed by atoms with E-state index in [9.17, 15) is 0 Å². The van der Waals surface area contributed by atoms with Gasteiger partial charge in [-0.05, 0) is 46.2 Å². The molecule has 0 aliphatic rings. The van der Waals surface area contributed by atoms with Gasteiger partial charge in [-0.2, -0.15) is 0 Å². The molecule has 0 fully saturated rings. The summed E-state index contributed by atoms with van der Waals surface area (Å²) in [6.45, 7) is 0. The van der Waals surface area contributed by atoms with Crippen LogP contribution < -0.4 is 0 Å². The first-order valence-electron chi connectivity index (χ1n) is 17.0. The van der Waals surface area contributed by atoms with Gasteiger partial charge in [0.1, 0.15) is 11.2 Å². The molecular weight excluding hydrogens is 625 g/mol. The summed E-state index contributed by atoms with van der Waals surface area (Å²) in [5.41, 5.74) is 9.41. The van der Waals surface area contributed by atoms with Crippen LogP contribution in [0.15, 0.2) is 174 Å². The zero-order chi connectivity index (χ0) is 33.7. The molecule has 5 heteroatoms. The van der Waals surface area contributed by atoms with Gasteiger partial charge in [0.25, 0.3) is 0 Å². The summed E-state index contributed by atoms with van der Waals surface area (Å²) in [5, 5.41) is 5.39. The Morgan fingerprint density at radius 1 is 0.373 bits per heavy atom. The van der Waals surface area contributed by atoms with Crippen LogP contribution in [0.3, 0.4) is 0 Å². The molecule has 0 radical (unpaired) electrons. The average Bonchev–Trinajstić information content (AvgIpc) is 3.61. The van der Waals surface area contributed by atoms with E-state index in [0.717, 1.165) is 77.3 Å². The van der Waals surface area contributed by atoms with Crippen LogP contribution in [0.2, 0.25) is 0 Å². The molecule has 7 aromatic carbocycles. The molecule has 10 rings (SSSR count). The zero-order valence-corrected chi connectivity index (χ0v) is 27.4. The summed E-state index contributed by atoms with van der Waals surface area (Å²) < 4.78 is 6.60. The largest absolute Gasteiger partial charge is 0.455 e. The van der Waals surface area contributed by atoms with Gasteiger partial charge in [-0.25, -0.2) is 19.9 Å². The van der Waals surface area contributed by atoms with Crippen molar-refractivity contribution in [1.82, 2.24) is 19.9 Å². The first-order valence-corrected chi connectivity index (χ1v) is 17.0. The molecule has 0 spiro atoms. The SMILES string of the molecule is c1ccc(-c2nc(-c3ccccc3)nc(-c3cccc(-c4ccc5c(c4)nc(-c4cccc6ccccc46)c4c6ccccc6oc54)c3)n2)cc1. The smallest absolute Gasteiger partial charge is 0.164 e. The monoisotopic (exact) mass is 652 g/mol. The maximum Gasteiger partial charge on any atom is 0.164 e. The normalized spacial score (nSPS) is 11.5. The van der Waals surface area contributed by atoms with E-state index in [1.165, 1.54) is 5.39 Å². The lowest BCUT2D eigenvalue weighted by Gasteiger charge is -2.12. The quantitative estimate of drug-likeness (QED) is 0.185. The molecule has 0 atom stereocenters. The highest BCUT2D eigenvalue weighted by Crippen LogP contribution is 2.42. The van der Waals surface area contributed by atoms with Crippen molar-refractivity contribution >= 4 is 43.6 Å². The minimum Gasteiger partial charge on any atom is -0.455 e. The van der Waals surface area contributed by atoms with Gasteiger partial charge < -0.3 is 4.42 Å². The van der Waals surface area contributed by atoms with Crippen molar-refractivity contribution in [2.45, 2.75) is 0 Å². The summed E-state index contributed by atoms with van der Waals surface area (Å²) in [6.07, 6.45) is 0. The Labute approximate surface area is 293 Å². The third-order valence-electron chi connectivity index (χ3n) is 9.51. The lowest BCUT2D eigenvalue weighted by Crippen LogP contribution is -2.00. The maximum atomic E-state index is 6.60. The van der Waals surface area contributed by atoms with Crippen LogP contribution in [0.4, 0.5) is 0 Å². The van der Waals surface area contributed by atoms with Crippen molar-refractivity contribution < 1.29 is 4.42 Å². The highest BCUT2D eigenvalue weighted by atomic mass is 16.3. The fourth-order valence-corrected chi connectivity index (χ4v) is 7.04. The summed E-state index contributed by atoms with van der Waals surface area (Å²) in [7, 11) is 0. The van der Waals surface area contributed by atoms with Crippen LogP contribution in [-0.2, 0) is 0 Å². The second-order valence-corrected chi connectivity index (χ2v) is 12.6. The predicted octanol–water partition coefficient (Wildman–Crippen LogP) is 11.8. The van der Waals surface area contributed by atoms with Crippen LogP contribution in [0.25, 0.3) is 100 Å². The van der Waals surface area contributed by atoms with Gasteiger partial charge in [0.05, 0.1) is 16.6 Å². The molecule has 5 nitrogen and oxygen atoms in total. The van der Waals surface area contributed by atoms with Crippen LogP contribution in [0, 0.1) is 0 Å². The number of para-hydroxylation sites is 1. The van der Waals surface area contributed by atoms with Crippen LogP contribution >= 0.6 is 0 Å². The molecule has 0 unspecified atom stereocenters. The average molecular weight is 653 g/mol. The van der Waals surface area contributed by atoms with Crippen molar-refractivity contribution in [3.05, 3.63) is 170 Å². The predicted molar refractivity (Wildman–Crippen MR) is 207 cm³/mol. The Hall–Kier alpha value is -6.98. The number of fused-ring (bicyclic) bond motifs is 6. The van der Waals surface area contributed by atoms with E-state index in [1.807, 2.05) is 72.8 Å². The second-order valence-electron chi connectivity index (χ2n) is 12.6. The van der Waals surface area contributed by atoms with Crippen molar-refractivity contribution in [3.8, 4) is 56.5 Å². The number of nitrogens with zero attached hydrogens (tertiary/aromatic N) is 4. The van der Waals surface area contributed by atoms with Crippen LogP contribution in [0.1, 0.15) is 0 Å². The summed E-state index contributed by atoms with van der Waals surface area (Å²) >= 11 is 0. The van der Waals surface area contributed by atoms with Crippen LogP contribution in [-0.4, -0.2) is 19.9 Å². The van der Waals surface area contributed by atoms with E-state index in [0.29, 0.717) is 17.5 Å². The van der Waals surface area contributed by atoms with E-state index in [4.69, 9.17) is 24.4 Å². The van der Waals surface area contributed by atoms with Crippen molar-refractivity contribution in [1.29, 1.82) is 0 Å². The molecule has 0 bridgehead atoms. The summed E-state index contributed by atoms with van der Waals surface area (Å²) in [5.74, 6) is 1.89. The van der Waals surface area contributed by atoms with E-state index < -0.39 is 0 Å². The fourth-order valence-electron chi connectivity index (χ4n) is 7.04. The number of furan rings is 1. The number of aromatic nitrogens is 4. The minimum atomic E-state index is 0.616. The Kier molecular flexibility index (Phi) is 6.74. The van der Waals surface area contributed by atoms with Gasteiger partial charge >= 0.3 is 0 Å². The molecule has 0 amide bonds. The van der Waals surface area contributed by atoms with Gasteiger partial charge in [-0.1, -0.05) is 146 Å². The molecule has 238 valence electrons. The molecule has 51 heavy (non-hydrogen) atoms. The topological polar surface area (TPSA) is 64.7 Å². The van der Waals surface area contributed by atoms with E-state index in [2.05, 4.69) is 97.1 Å². The third-order valence-corrected chi connectivity index (χ3v) is 9.51. The molecule has 10 aromatic rings. The number of pyridine rings is 1. The minimum absolute atomic E-state index is 0.616. The Bertz CT molecular complexity index is 2850. The summed E-state index contributed by atoms with van der Waals surface area (Å²) in [4.78, 5) is 20.2. The highest BCUT2D eigenvalue weighted by Gasteiger charge is 2.20. The molecular formula is C46H28N4O.